The van der Waals surface area contributed by atoms with Crippen molar-refractivity contribution in [3.05, 3.63) is 114 Å². The molecule has 4 aromatic rings. The summed E-state index contributed by atoms with van der Waals surface area (Å²) in [7, 11) is -4.11. The monoisotopic (exact) mass is 620 g/mol. The molecule has 0 aliphatic heterocycles. The summed E-state index contributed by atoms with van der Waals surface area (Å²) in [6.07, 6.45) is 1.40. The molecule has 0 saturated heterocycles. The highest BCUT2D eigenvalue weighted by atomic mass is 35.5. The number of hydrogen-bond acceptors (Lipinski definition) is 7. The Morgan fingerprint density at radius 1 is 0.884 bits per heavy atom. The quantitative estimate of drug-likeness (QED) is 0.158. The van der Waals surface area contributed by atoms with Gasteiger partial charge in [-0.05, 0) is 79.2 Å². The lowest BCUT2D eigenvalue weighted by Crippen LogP contribution is -2.39. The van der Waals surface area contributed by atoms with E-state index < -0.39 is 22.5 Å². The normalized spacial score (nSPS) is 11.1. The van der Waals surface area contributed by atoms with Crippen molar-refractivity contribution in [1.82, 2.24) is 5.43 Å². The van der Waals surface area contributed by atoms with Gasteiger partial charge in [0.25, 0.3) is 21.8 Å². The van der Waals surface area contributed by atoms with Gasteiger partial charge in [0, 0.05) is 10.7 Å². The second-order valence-corrected chi connectivity index (χ2v) is 11.2. The minimum atomic E-state index is -4.11. The minimum Gasteiger partial charge on any atom is -0.492 e. The van der Waals surface area contributed by atoms with Gasteiger partial charge < -0.3 is 14.8 Å². The standard InChI is InChI=1S/C31H29ClN4O6S/c1-2-41-29-14-7-6-13-28(29)36(43(39,40)27-11-4-3-5-12-27)21-30(37)35-33-20-23-15-17-26(18-16-23)42-22-31(38)34-25-10-8-9-24(32)19-25/h3-20H,2,21-22H2,1H3,(H,34,38)(H,35,37)/b33-20-. The number of halogens is 1. The van der Waals surface area contributed by atoms with E-state index in [-0.39, 0.29) is 23.1 Å². The molecule has 222 valence electrons. The van der Waals surface area contributed by atoms with Crippen molar-refractivity contribution < 1.29 is 27.5 Å². The predicted octanol–water partition coefficient (Wildman–Crippen LogP) is 5.10. The smallest absolute Gasteiger partial charge is 0.264 e. The molecule has 0 atom stereocenters. The first-order valence-electron chi connectivity index (χ1n) is 13.2. The Balaban J connectivity index is 1.37. The van der Waals surface area contributed by atoms with E-state index in [1.165, 1.54) is 18.3 Å². The summed E-state index contributed by atoms with van der Waals surface area (Å²) < 4.78 is 39.3. The Hall–Kier alpha value is -4.87. The number of ether oxygens (including phenoxy) is 2. The van der Waals surface area contributed by atoms with E-state index in [0.717, 1.165) is 4.31 Å². The molecule has 4 rings (SSSR count). The lowest BCUT2D eigenvalue weighted by atomic mass is 10.2. The van der Waals surface area contributed by atoms with Crippen LogP contribution in [-0.4, -0.2) is 46.2 Å². The Labute approximate surface area is 254 Å². The SMILES string of the molecule is CCOc1ccccc1N(CC(=O)N/N=C\c1ccc(OCC(=O)Nc2cccc(Cl)c2)cc1)S(=O)(=O)c1ccccc1. The van der Waals surface area contributed by atoms with Crippen LogP contribution in [0.25, 0.3) is 0 Å². The highest BCUT2D eigenvalue weighted by Crippen LogP contribution is 2.32. The van der Waals surface area contributed by atoms with Crippen molar-refractivity contribution in [2.24, 2.45) is 5.10 Å². The number of rotatable bonds is 13. The molecule has 10 nitrogen and oxygen atoms in total. The van der Waals surface area contributed by atoms with E-state index >= 15 is 0 Å². The molecule has 0 aliphatic carbocycles. The number of benzene rings is 4. The fourth-order valence-electron chi connectivity index (χ4n) is 3.87. The second kappa shape index (κ2) is 14.9. The van der Waals surface area contributed by atoms with Crippen LogP contribution in [0.15, 0.2) is 113 Å². The third-order valence-electron chi connectivity index (χ3n) is 5.81. The van der Waals surface area contributed by atoms with E-state index in [4.69, 9.17) is 21.1 Å². The van der Waals surface area contributed by atoms with Crippen LogP contribution in [0.1, 0.15) is 12.5 Å². The molecule has 12 heteroatoms. The van der Waals surface area contributed by atoms with Gasteiger partial charge in [0.2, 0.25) is 0 Å². The van der Waals surface area contributed by atoms with Crippen LogP contribution in [0.4, 0.5) is 11.4 Å². The van der Waals surface area contributed by atoms with Gasteiger partial charge in [0.15, 0.2) is 6.61 Å². The number of carbonyl (C=O) groups excluding carboxylic acids is 2. The third kappa shape index (κ3) is 8.81. The highest BCUT2D eigenvalue weighted by molar-refractivity contribution is 7.92. The lowest BCUT2D eigenvalue weighted by Gasteiger charge is -2.25. The van der Waals surface area contributed by atoms with E-state index in [0.29, 0.717) is 34.4 Å². The van der Waals surface area contributed by atoms with Crippen LogP contribution in [0.2, 0.25) is 5.02 Å². The number of hydrazone groups is 1. The molecule has 4 aromatic carbocycles. The van der Waals surface area contributed by atoms with Gasteiger partial charge >= 0.3 is 0 Å². The Morgan fingerprint density at radius 3 is 2.33 bits per heavy atom. The first kappa shape index (κ1) is 31.1. The van der Waals surface area contributed by atoms with Crippen LogP contribution in [0.5, 0.6) is 11.5 Å². The zero-order chi connectivity index (χ0) is 30.7. The predicted molar refractivity (Wildman–Crippen MR) is 166 cm³/mol. The molecular formula is C31H29ClN4O6S. The van der Waals surface area contributed by atoms with Crippen molar-refractivity contribution in [2.45, 2.75) is 11.8 Å². The van der Waals surface area contributed by atoms with Gasteiger partial charge in [-0.3, -0.25) is 13.9 Å². The number of sulfonamides is 1. The number of para-hydroxylation sites is 2. The van der Waals surface area contributed by atoms with E-state index in [1.54, 1.807) is 97.9 Å². The minimum absolute atomic E-state index is 0.0295. The average molecular weight is 621 g/mol. The molecule has 2 N–H and O–H groups in total. The molecule has 0 bridgehead atoms. The Kier molecular flexibility index (Phi) is 10.7. The summed E-state index contributed by atoms with van der Waals surface area (Å²) in [4.78, 5) is 25.1. The lowest BCUT2D eigenvalue weighted by molar-refractivity contribution is -0.119. The van der Waals surface area contributed by atoms with Crippen molar-refractivity contribution in [3.8, 4) is 11.5 Å². The van der Waals surface area contributed by atoms with Gasteiger partial charge in [0.05, 0.1) is 23.4 Å². The summed E-state index contributed by atoms with van der Waals surface area (Å²) >= 11 is 5.93. The maximum absolute atomic E-state index is 13.6. The zero-order valence-electron chi connectivity index (χ0n) is 23.1. The molecule has 2 amide bonds. The topological polar surface area (TPSA) is 126 Å². The second-order valence-electron chi connectivity index (χ2n) is 8.93. The Morgan fingerprint density at radius 2 is 1.60 bits per heavy atom. The number of anilines is 2. The van der Waals surface area contributed by atoms with Gasteiger partial charge in [-0.25, -0.2) is 13.8 Å². The molecule has 0 saturated carbocycles. The van der Waals surface area contributed by atoms with Crippen molar-refractivity contribution >= 4 is 51.0 Å². The largest absolute Gasteiger partial charge is 0.492 e. The van der Waals surface area contributed by atoms with Crippen LogP contribution in [-0.2, 0) is 19.6 Å². The van der Waals surface area contributed by atoms with E-state index in [1.807, 2.05) is 0 Å². The van der Waals surface area contributed by atoms with Crippen molar-refractivity contribution in [1.29, 1.82) is 0 Å². The number of hydrogen-bond donors (Lipinski definition) is 2. The maximum atomic E-state index is 13.6. The fraction of sp³-hybridized carbons (Fsp3) is 0.129. The average Bonchev–Trinajstić information content (AvgIpc) is 3.00. The third-order valence-corrected chi connectivity index (χ3v) is 7.82. The summed E-state index contributed by atoms with van der Waals surface area (Å²) in [5.74, 6) is -0.224. The molecule has 0 spiro atoms. The van der Waals surface area contributed by atoms with Crippen LogP contribution < -0.4 is 24.5 Å². The molecule has 0 aliphatic rings. The molecular weight excluding hydrogens is 592 g/mol. The van der Waals surface area contributed by atoms with Crippen molar-refractivity contribution in [2.75, 3.05) is 29.4 Å². The van der Waals surface area contributed by atoms with Crippen LogP contribution >= 0.6 is 11.6 Å². The van der Waals surface area contributed by atoms with Gasteiger partial charge in [-0.2, -0.15) is 5.10 Å². The number of nitrogens with zero attached hydrogens (tertiary/aromatic N) is 2. The highest BCUT2D eigenvalue weighted by Gasteiger charge is 2.29. The summed E-state index contributed by atoms with van der Waals surface area (Å²) in [6, 6.07) is 27.9. The van der Waals surface area contributed by atoms with Gasteiger partial charge in [0.1, 0.15) is 18.0 Å². The van der Waals surface area contributed by atoms with Crippen LogP contribution in [0.3, 0.4) is 0 Å². The first-order valence-corrected chi connectivity index (χ1v) is 15.0. The molecule has 0 fully saturated rings. The number of nitrogens with one attached hydrogen (secondary N) is 2. The van der Waals surface area contributed by atoms with Gasteiger partial charge in [-0.1, -0.05) is 48.0 Å². The summed E-state index contributed by atoms with van der Waals surface area (Å²) in [5, 5.41) is 7.17. The zero-order valence-corrected chi connectivity index (χ0v) is 24.7. The maximum Gasteiger partial charge on any atom is 0.264 e. The molecule has 0 aromatic heterocycles. The summed E-state index contributed by atoms with van der Waals surface area (Å²) in [5.41, 5.74) is 3.80. The molecule has 0 heterocycles. The summed E-state index contributed by atoms with van der Waals surface area (Å²) in [6.45, 7) is 1.35. The fourth-order valence-corrected chi connectivity index (χ4v) is 5.51. The first-order chi connectivity index (χ1) is 20.8. The van der Waals surface area contributed by atoms with E-state index in [2.05, 4.69) is 15.8 Å². The van der Waals surface area contributed by atoms with E-state index in [9.17, 15) is 18.0 Å². The molecule has 0 radical (unpaired) electrons. The van der Waals surface area contributed by atoms with Crippen molar-refractivity contribution in [3.63, 3.8) is 0 Å². The Bertz CT molecular complexity index is 1680. The van der Waals surface area contributed by atoms with Crippen LogP contribution in [0, 0.1) is 0 Å². The molecule has 0 unspecified atom stereocenters. The number of carbonyl (C=O) groups is 2. The molecule has 43 heavy (non-hydrogen) atoms. The number of amides is 2. The van der Waals surface area contributed by atoms with Gasteiger partial charge in [-0.15, -0.1) is 0 Å².